The predicted molar refractivity (Wildman–Crippen MR) is 70.2 cm³/mol. The molecule has 0 bridgehead atoms. The van der Waals surface area contributed by atoms with Gasteiger partial charge in [-0.3, -0.25) is 24.3 Å². The van der Waals surface area contributed by atoms with Crippen molar-refractivity contribution in [3.8, 4) is 0 Å². The molecule has 9 heteroatoms. The molecule has 9 nitrogen and oxygen atoms in total. The molecule has 2 rings (SSSR count). The third kappa shape index (κ3) is 2.66. The molecule has 2 aromatic rings. The van der Waals surface area contributed by atoms with Crippen molar-refractivity contribution < 1.29 is 9.72 Å². The molecule has 0 fully saturated rings. The number of aryl methyl sites for hydroxylation is 2. The third-order valence-electron chi connectivity index (χ3n) is 2.93. The van der Waals surface area contributed by atoms with Gasteiger partial charge in [0, 0.05) is 7.05 Å². The molecule has 0 saturated heterocycles. The molecule has 0 aromatic carbocycles. The highest BCUT2D eigenvalue weighted by molar-refractivity contribution is 5.90. The predicted octanol–water partition coefficient (Wildman–Crippen LogP) is 0.780. The van der Waals surface area contributed by atoms with E-state index >= 15 is 0 Å². The molecule has 0 spiro atoms. The number of amides is 1. The molecule has 106 valence electrons. The second-order valence-electron chi connectivity index (χ2n) is 4.37. The smallest absolute Gasteiger partial charge is 0.309 e. The Morgan fingerprint density at radius 1 is 1.50 bits per heavy atom. The monoisotopic (exact) mass is 278 g/mol. The van der Waals surface area contributed by atoms with Crippen LogP contribution in [0.1, 0.15) is 11.4 Å². The van der Waals surface area contributed by atoms with Crippen LogP contribution in [-0.2, 0) is 18.4 Å². The van der Waals surface area contributed by atoms with E-state index in [-0.39, 0.29) is 23.8 Å². The van der Waals surface area contributed by atoms with Gasteiger partial charge in [-0.05, 0) is 13.8 Å². The maximum absolute atomic E-state index is 11.9. The quantitative estimate of drug-likeness (QED) is 0.656. The number of carbonyl (C=O) groups excluding carboxylic acids is 1. The number of hydrogen-bond acceptors (Lipinski definition) is 5. The van der Waals surface area contributed by atoms with Gasteiger partial charge in [0.1, 0.15) is 18.4 Å². The van der Waals surface area contributed by atoms with Crippen molar-refractivity contribution >= 4 is 17.3 Å². The van der Waals surface area contributed by atoms with Crippen LogP contribution in [0.4, 0.5) is 11.4 Å². The lowest BCUT2D eigenvalue weighted by atomic mass is 10.4. The molecule has 0 aliphatic carbocycles. The molecular formula is C11H14N6O3. The van der Waals surface area contributed by atoms with Crippen molar-refractivity contribution in [2.75, 3.05) is 5.32 Å². The molecule has 0 saturated carbocycles. The Labute approximate surface area is 114 Å². The summed E-state index contributed by atoms with van der Waals surface area (Å²) < 4.78 is 2.88. The van der Waals surface area contributed by atoms with Crippen molar-refractivity contribution in [2.24, 2.45) is 7.05 Å². The minimum atomic E-state index is -0.526. The first-order valence-corrected chi connectivity index (χ1v) is 5.85. The van der Waals surface area contributed by atoms with Crippen molar-refractivity contribution in [1.82, 2.24) is 19.6 Å². The van der Waals surface area contributed by atoms with E-state index in [0.717, 1.165) is 5.69 Å². The molecule has 20 heavy (non-hydrogen) atoms. The summed E-state index contributed by atoms with van der Waals surface area (Å²) in [7, 11) is 1.77. The molecular weight excluding hydrogens is 264 g/mol. The largest absolute Gasteiger partial charge is 0.322 e. The zero-order chi connectivity index (χ0) is 14.9. The van der Waals surface area contributed by atoms with E-state index in [1.165, 1.54) is 17.8 Å². The highest BCUT2D eigenvalue weighted by Crippen LogP contribution is 2.15. The van der Waals surface area contributed by atoms with Gasteiger partial charge in [0.15, 0.2) is 0 Å². The Balaban J connectivity index is 2.07. The van der Waals surface area contributed by atoms with Crippen LogP contribution in [0.25, 0.3) is 0 Å². The van der Waals surface area contributed by atoms with E-state index < -0.39 is 4.92 Å². The molecule has 0 aliphatic rings. The van der Waals surface area contributed by atoms with Crippen LogP contribution in [0.15, 0.2) is 12.4 Å². The van der Waals surface area contributed by atoms with Crippen molar-refractivity contribution in [3.63, 3.8) is 0 Å². The van der Waals surface area contributed by atoms with Gasteiger partial charge in [0.05, 0.1) is 22.5 Å². The first-order chi connectivity index (χ1) is 9.38. The number of hydrogen-bond donors (Lipinski definition) is 1. The number of rotatable bonds is 4. The van der Waals surface area contributed by atoms with Crippen molar-refractivity contribution in [3.05, 3.63) is 33.9 Å². The van der Waals surface area contributed by atoms with E-state index in [4.69, 9.17) is 0 Å². The zero-order valence-electron chi connectivity index (χ0n) is 11.3. The maximum Gasteiger partial charge on any atom is 0.309 e. The van der Waals surface area contributed by atoms with Crippen LogP contribution in [0.3, 0.4) is 0 Å². The number of anilines is 1. The number of aromatic nitrogens is 4. The number of nitrogens with one attached hydrogen (secondary N) is 1. The zero-order valence-corrected chi connectivity index (χ0v) is 11.3. The fourth-order valence-corrected chi connectivity index (χ4v) is 1.73. The van der Waals surface area contributed by atoms with Gasteiger partial charge in [-0.25, -0.2) is 0 Å². The van der Waals surface area contributed by atoms with Crippen LogP contribution < -0.4 is 5.32 Å². The molecule has 0 radical (unpaired) electrons. The summed E-state index contributed by atoms with van der Waals surface area (Å²) in [5, 5.41) is 21.3. The molecule has 0 unspecified atom stereocenters. The normalized spacial score (nSPS) is 10.6. The van der Waals surface area contributed by atoms with Crippen molar-refractivity contribution in [2.45, 2.75) is 20.4 Å². The van der Waals surface area contributed by atoms with Gasteiger partial charge in [-0.1, -0.05) is 0 Å². The Kier molecular flexibility index (Phi) is 3.51. The minimum absolute atomic E-state index is 0.0942. The van der Waals surface area contributed by atoms with E-state index in [2.05, 4.69) is 15.5 Å². The SMILES string of the molecule is Cc1nn(CC(=O)Nc2cnn(C)c2C)cc1[N+](=O)[O-]. The topological polar surface area (TPSA) is 108 Å². The molecule has 2 heterocycles. The average Bonchev–Trinajstić information content (AvgIpc) is 2.87. The van der Waals surface area contributed by atoms with Crippen LogP contribution in [0.2, 0.25) is 0 Å². The fraction of sp³-hybridized carbons (Fsp3) is 0.364. The van der Waals surface area contributed by atoms with Gasteiger partial charge < -0.3 is 5.32 Å². The molecule has 1 amide bonds. The first kappa shape index (κ1) is 13.7. The summed E-state index contributed by atoms with van der Waals surface area (Å²) in [4.78, 5) is 22.0. The van der Waals surface area contributed by atoms with E-state index in [1.807, 2.05) is 6.92 Å². The van der Waals surface area contributed by atoms with Crippen LogP contribution in [-0.4, -0.2) is 30.4 Å². The second kappa shape index (κ2) is 5.11. The van der Waals surface area contributed by atoms with Gasteiger partial charge in [0.25, 0.3) is 0 Å². The highest BCUT2D eigenvalue weighted by atomic mass is 16.6. The minimum Gasteiger partial charge on any atom is -0.322 e. The lowest BCUT2D eigenvalue weighted by molar-refractivity contribution is -0.385. The van der Waals surface area contributed by atoms with Crippen LogP contribution >= 0.6 is 0 Å². The Hall–Kier alpha value is -2.71. The second-order valence-corrected chi connectivity index (χ2v) is 4.37. The van der Waals surface area contributed by atoms with E-state index in [9.17, 15) is 14.9 Å². The lowest BCUT2D eigenvalue weighted by Crippen LogP contribution is -2.19. The first-order valence-electron chi connectivity index (χ1n) is 5.85. The van der Waals surface area contributed by atoms with Gasteiger partial charge in [0.2, 0.25) is 5.91 Å². The summed E-state index contributed by atoms with van der Waals surface area (Å²) in [5.41, 5.74) is 1.60. The van der Waals surface area contributed by atoms with Crippen LogP contribution in [0, 0.1) is 24.0 Å². The lowest BCUT2D eigenvalue weighted by Gasteiger charge is -2.04. The Morgan fingerprint density at radius 3 is 2.70 bits per heavy atom. The van der Waals surface area contributed by atoms with Gasteiger partial charge in [-0.15, -0.1) is 0 Å². The summed E-state index contributed by atoms with van der Waals surface area (Å²) in [6, 6.07) is 0. The molecule has 0 aliphatic heterocycles. The summed E-state index contributed by atoms with van der Waals surface area (Å²) in [6.45, 7) is 3.26. The summed E-state index contributed by atoms with van der Waals surface area (Å²) in [6.07, 6.45) is 2.79. The van der Waals surface area contributed by atoms with Crippen molar-refractivity contribution in [1.29, 1.82) is 0 Å². The van der Waals surface area contributed by atoms with E-state index in [1.54, 1.807) is 17.9 Å². The van der Waals surface area contributed by atoms with E-state index in [0.29, 0.717) is 5.69 Å². The molecule has 0 atom stereocenters. The highest BCUT2D eigenvalue weighted by Gasteiger charge is 2.17. The Bertz CT molecular complexity index is 672. The number of carbonyl (C=O) groups is 1. The molecule has 1 N–H and O–H groups in total. The standard InChI is InChI=1S/C11H14N6O3/c1-7-10(17(19)20)5-16(14-7)6-11(18)13-9-4-12-15(3)8(9)2/h4-5H,6H2,1-3H3,(H,13,18). The van der Waals surface area contributed by atoms with Gasteiger partial charge in [-0.2, -0.15) is 10.2 Å². The summed E-state index contributed by atoms with van der Waals surface area (Å²) in [5.74, 6) is -0.321. The number of nitrogens with zero attached hydrogens (tertiary/aromatic N) is 5. The maximum atomic E-state index is 11.9. The van der Waals surface area contributed by atoms with Gasteiger partial charge >= 0.3 is 5.69 Å². The average molecular weight is 278 g/mol. The molecule has 2 aromatic heterocycles. The summed E-state index contributed by atoms with van der Waals surface area (Å²) >= 11 is 0. The number of nitro groups is 1. The fourth-order valence-electron chi connectivity index (χ4n) is 1.73. The third-order valence-corrected chi connectivity index (χ3v) is 2.93. The Morgan fingerprint density at radius 2 is 2.20 bits per heavy atom. The van der Waals surface area contributed by atoms with Crippen LogP contribution in [0.5, 0.6) is 0 Å².